The van der Waals surface area contributed by atoms with E-state index in [1.165, 1.54) is 4.90 Å². The molecule has 1 aliphatic heterocycles. The van der Waals surface area contributed by atoms with Crippen molar-refractivity contribution >= 4 is 23.9 Å². The van der Waals surface area contributed by atoms with Gasteiger partial charge in [0.15, 0.2) is 0 Å². The maximum absolute atomic E-state index is 13.0. The SMILES string of the molecule is CCCC[C@H](NC(=O)O[C@@H]1CN(C(=O)OCCc2ccccc2)CC1(C)C)C(=O)C(=O)N[C@H](C)c1ccccc1. The number of nitrogens with zero attached hydrogens (tertiary/aromatic N) is 1. The number of alkyl carbamates (subject to hydrolysis) is 1. The van der Waals surface area contributed by atoms with Crippen molar-refractivity contribution in [2.24, 2.45) is 5.41 Å². The number of likely N-dealkylation sites (tertiary alicyclic amines) is 1. The zero-order valence-electron chi connectivity index (χ0n) is 23.9. The molecule has 1 aliphatic rings. The average Bonchev–Trinajstić information content (AvgIpc) is 3.25. The third kappa shape index (κ3) is 8.83. The van der Waals surface area contributed by atoms with Crippen molar-refractivity contribution in [2.45, 2.75) is 71.6 Å². The predicted molar refractivity (Wildman–Crippen MR) is 152 cm³/mol. The smallest absolute Gasteiger partial charge is 0.409 e. The summed E-state index contributed by atoms with van der Waals surface area (Å²) in [5.41, 5.74) is 1.42. The number of nitrogens with one attached hydrogen (secondary N) is 2. The molecule has 1 saturated heterocycles. The molecular formula is C31H41N3O6. The Hall–Kier alpha value is -3.88. The van der Waals surface area contributed by atoms with Gasteiger partial charge < -0.3 is 25.0 Å². The Labute approximate surface area is 236 Å². The molecule has 0 bridgehead atoms. The lowest BCUT2D eigenvalue weighted by Crippen LogP contribution is -2.49. The Morgan fingerprint density at radius 2 is 1.65 bits per heavy atom. The normalized spacial score (nSPS) is 17.4. The lowest BCUT2D eigenvalue weighted by molar-refractivity contribution is -0.139. The lowest BCUT2D eigenvalue weighted by Gasteiger charge is -2.26. The van der Waals surface area contributed by atoms with Gasteiger partial charge >= 0.3 is 12.2 Å². The summed E-state index contributed by atoms with van der Waals surface area (Å²) in [5.74, 6) is -1.48. The van der Waals surface area contributed by atoms with Crippen LogP contribution in [0.3, 0.4) is 0 Å². The molecule has 3 atom stereocenters. The minimum atomic E-state index is -1.01. The van der Waals surface area contributed by atoms with Gasteiger partial charge in [-0.1, -0.05) is 94.3 Å². The molecule has 1 fully saturated rings. The molecule has 0 radical (unpaired) electrons. The standard InChI is InChI=1S/C31H41N3O6/c1-5-6-17-25(27(35)28(36)32-22(2)24-15-11-8-12-16-24)33-29(37)40-26-20-34(21-31(26,3)4)30(38)39-19-18-23-13-9-7-10-14-23/h7-16,22,25-26H,5-6,17-21H2,1-4H3,(H,32,36)(H,33,37)/t22-,25+,26-/m1/s1. The van der Waals surface area contributed by atoms with Crippen LogP contribution in [0.25, 0.3) is 0 Å². The maximum atomic E-state index is 13.0. The third-order valence-corrected chi connectivity index (χ3v) is 7.15. The largest absolute Gasteiger partial charge is 0.449 e. The molecule has 2 aromatic carbocycles. The Morgan fingerprint density at radius 3 is 2.30 bits per heavy atom. The molecule has 2 aromatic rings. The Kier molecular flexibility index (Phi) is 11.1. The number of hydrogen-bond donors (Lipinski definition) is 2. The number of Topliss-reactive ketones (excluding diaryl/α,β-unsaturated/α-hetero) is 1. The van der Waals surface area contributed by atoms with E-state index in [1.807, 2.05) is 81.4 Å². The van der Waals surface area contributed by atoms with Crippen molar-refractivity contribution in [1.82, 2.24) is 15.5 Å². The van der Waals surface area contributed by atoms with Crippen LogP contribution in [-0.4, -0.2) is 60.6 Å². The number of amides is 3. The van der Waals surface area contributed by atoms with Crippen LogP contribution in [-0.2, 0) is 25.5 Å². The van der Waals surface area contributed by atoms with E-state index in [-0.39, 0.29) is 19.2 Å². The number of ketones is 1. The molecule has 1 heterocycles. The van der Waals surface area contributed by atoms with Crippen molar-refractivity contribution in [3.05, 3.63) is 71.8 Å². The molecule has 3 rings (SSSR count). The highest BCUT2D eigenvalue weighted by atomic mass is 16.6. The van der Waals surface area contributed by atoms with Crippen LogP contribution in [0.15, 0.2) is 60.7 Å². The summed E-state index contributed by atoms with van der Waals surface area (Å²) in [5, 5.41) is 5.32. The fourth-order valence-corrected chi connectivity index (χ4v) is 4.67. The Bertz CT molecular complexity index is 1140. The number of ether oxygens (including phenoxy) is 2. The van der Waals surface area contributed by atoms with Gasteiger partial charge in [-0.3, -0.25) is 9.59 Å². The van der Waals surface area contributed by atoms with Crippen LogP contribution >= 0.6 is 0 Å². The predicted octanol–water partition coefficient (Wildman–Crippen LogP) is 4.81. The van der Waals surface area contributed by atoms with E-state index < -0.39 is 41.4 Å². The van der Waals surface area contributed by atoms with Crippen molar-refractivity contribution in [2.75, 3.05) is 19.7 Å². The van der Waals surface area contributed by atoms with Crippen molar-refractivity contribution in [3.8, 4) is 0 Å². The van der Waals surface area contributed by atoms with E-state index in [4.69, 9.17) is 9.47 Å². The number of carbonyl (C=O) groups is 4. The second kappa shape index (κ2) is 14.5. The van der Waals surface area contributed by atoms with Gasteiger partial charge in [0.05, 0.1) is 19.2 Å². The number of unbranched alkanes of at least 4 members (excludes halogenated alkanes) is 1. The van der Waals surface area contributed by atoms with Crippen LogP contribution in [0.5, 0.6) is 0 Å². The van der Waals surface area contributed by atoms with Gasteiger partial charge in [-0.2, -0.15) is 0 Å². The molecule has 0 saturated carbocycles. The molecule has 40 heavy (non-hydrogen) atoms. The minimum Gasteiger partial charge on any atom is -0.449 e. The molecular weight excluding hydrogens is 510 g/mol. The summed E-state index contributed by atoms with van der Waals surface area (Å²) >= 11 is 0. The van der Waals surface area contributed by atoms with Crippen molar-refractivity contribution < 1.29 is 28.7 Å². The lowest BCUT2D eigenvalue weighted by atomic mass is 9.90. The van der Waals surface area contributed by atoms with Crippen LogP contribution in [0, 0.1) is 5.41 Å². The van der Waals surface area contributed by atoms with Crippen molar-refractivity contribution in [3.63, 3.8) is 0 Å². The average molecular weight is 552 g/mol. The third-order valence-electron chi connectivity index (χ3n) is 7.15. The highest BCUT2D eigenvalue weighted by Crippen LogP contribution is 2.32. The van der Waals surface area contributed by atoms with E-state index in [2.05, 4.69) is 10.6 Å². The van der Waals surface area contributed by atoms with E-state index in [1.54, 1.807) is 6.92 Å². The van der Waals surface area contributed by atoms with E-state index in [9.17, 15) is 19.2 Å². The fourth-order valence-electron chi connectivity index (χ4n) is 4.67. The number of rotatable bonds is 12. The van der Waals surface area contributed by atoms with E-state index in [0.717, 1.165) is 17.5 Å². The zero-order valence-corrected chi connectivity index (χ0v) is 23.9. The summed E-state index contributed by atoms with van der Waals surface area (Å²) in [6, 6.07) is 17.7. The quantitative estimate of drug-likeness (QED) is 0.366. The molecule has 9 nitrogen and oxygen atoms in total. The Morgan fingerprint density at radius 1 is 1.00 bits per heavy atom. The number of hydrogen-bond acceptors (Lipinski definition) is 6. The van der Waals surface area contributed by atoms with Crippen molar-refractivity contribution in [1.29, 1.82) is 0 Å². The molecule has 9 heteroatoms. The van der Waals surface area contributed by atoms with Crippen LogP contribution in [0.2, 0.25) is 0 Å². The first-order chi connectivity index (χ1) is 19.1. The summed E-state index contributed by atoms with van der Waals surface area (Å²) in [4.78, 5) is 52.8. The van der Waals surface area contributed by atoms with Crippen LogP contribution < -0.4 is 10.6 Å². The van der Waals surface area contributed by atoms with Crippen LogP contribution in [0.4, 0.5) is 9.59 Å². The summed E-state index contributed by atoms with van der Waals surface area (Å²) in [7, 11) is 0. The number of carbonyl (C=O) groups excluding carboxylic acids is 4. The van der Waals surface area contributed by atoms with E-state index in [0.29, 0.717) is 25.8 Å². The van der Waals surface area contributed by atoms with Gasteiger partial charge in [0.25, 0.3) is 5.91 Å². The topological polar surface area (TPSA) is 114 Å². The summed E-state index contributed by atoms with van der Waals surface area (Å²) in [6.07, 6.45) is 0.493. The molecule has 216 valence electrons. The van der Waals surface area contributed by atoms with Gasteiger partial charge in [0.2, 0.25) is 5.78 Å². The molecule has 3 amide bonds. The molecule has 0 aromatic heterocycles. The van der Waals surface area contributed by atoms with Gasteiger partial charge in [-0.25, -0.2) is 9.59 Å². The monoisotopic (exact) mass is 551 g/mol. The molecule has 0 aliphatic carbocycles. The maximum Gasteiger partial charge on any atom is 0.409 e. The first kappa shape index (κ1) is 30.7. The highest BCUT2D eigenvalue weighted by molar-refractivity contribution is 6.38. The van der Waals surface area contributed by atoms with Gasteiger partial charge in [0, 0.05) is 18.4 Å². The molecule has 2 N–H and O–H groups in total. The number of benzene rings is 2. The first-order valence-electron chi connectivity index (χ1n) is 13.9. The fraction of sp³-hybridized carbons (Fsp3) is 0.484. The molecule has 0 unspecified atom stereocenters. The van der Waals surface area contributed by atoms with E-state index >= 15 is 0 Å². The molecule has 0 spiro atoms. The highest BCUT2D eigenvalue weighted by Gasteiger charge is 2.44. The zero-order chi connectivity index (χ0) is 29.1. The second-order valence-electron chi connectivity index (χ2n) is 10.9. The van der Waals surface area contributed by atoms with Gasteiger partial charge in [-0.05, 0) is 24.5 Å². The Balaban J connectivity index is 1.53. The summed E-state index contributed by atoms with van der Waals surface area (Å²) < 4.78 is 11.1. The summed E-state index contributed by atoms with van der Waals surface area (Å²) in [6.45, 7) is 8.34. The van der Waals surface area contributed by atoms with Gasteiger partial charge in [0.1, 0.15) is 12.1 Å². The second-order valence-corrected chi connectivity index (χ2v) is 10.9. The van der Waals surface area contributed by atoms with Crippen LogP contribution in [0.1, 0.15) is 64.1 Å². The van der Waals surface area contributed by atoms with Gasteiger partial charge in [-0.15, -0.1) is 0 Å². The first-order valence-corrected chi connectivity index (χ1v) is 13.9. The minimum absolute atomic E-state index is 0.174.